The summed E-state index contributed by atoms with van der Waals surface area (Å²) in [6.45, 7) is 1.06. The van der Waals surface area contributed by atoms with Crippen LogP contribution in [0.15, 0.2) is 45.1 Å². The molecule has 0 aliphatic carbocycles. The summed E-state index contributed by atoms with van der Waals surface area (Å²) in [6.07, 6.45) is 0.459. The molecule has 1 aromatic heterocycles. The molecule has 1 N–H and O–H groups in total. The highest BCUT2D eigenvalue weighted by atomic mass is 32.2. The quantitative estimate of drug-likeness (QED) is 0.845. The van der Waals surface area contributed by atoms with Crippen molar-refractivity contribution in [2.24, 2.45) is 4.99 Å². The van der Waals surface area contributed by atoms with E-state index in [9.17, 15) is 22.4 Å². The Labute approximate surface area is 129 Å². The largest absolute Gasteiger partial charge is 0.497 e. The van der Waals surface area contributed by atoms with Gasteiger partial charge in [-0.15, -0.1) is 0 Å². The van der Waals surface area contributed by atoms with Crippen LogP contribution in [0.1, 0.15) is 6.92 Å². The maximum Gasteiger partial charge on any atom is 0.341 e. The Morgan fingerprint density at radius 2 is 1.91 bits per heavy atom. The Morgan fingerprint density at radius 3 is 2.43 bits per heavy atom. The first-order valence-electron chi connectivity index (χ1n) is 6.22. The number of amides is 1. The number of benzene rings is 1. The standard InChI is InChI=1S/C13H12FN3O5S/c1-8(18)15-12-11(14)7-17(13(19)16-12)23(20,21)10-5-3-9(22-2)4-6-10/h3-7H,1-2H3,(H,15,16,18,19). The lowest BCUT2D eigenvalue weighted by Gasteiger charge is -2.08. The van der Waals surface area contributed by atoms with E-state index < -0.39 is 32.9 Å². The summed E-state index contributed by atoms with van der Waals surface area (Å²) in [5.41, 5.74) is -1.79. The predicted octanol–water partition coefficient (Wildman–Crippen LogP) is 0.00830. The highest BCUT2D eigenvalue weighted by Crippen LogP contribution is 2.16. The van der Waals surface area contributed by atoms with Crippen molar-refractivity contribution in [3.05, 3.63) is 52.3 Å². The number of halogens is 1. The van der Waals surface area contributed by atoms with Gasteiger partial charge in [-0.1, -0.05) is 0 Å². The zero-order chi connectivity index (χ0) is 17.2. The molecule has 0 bridgehead atoms. The number of H-pyrrole nitrogens is 1. The summed E-state index contributed by atoms with van der Waals surface area (Å²) in [7, 11) is -2.90. The molecule has 0 unspecified atom stereocenters. The molecule has 0 saturated heterocycles. The number of rotatable bonds is 3. The zero-order valence-electron chi connectivity index (χ0n) is 12.1. The summed E-state index contributed by atoms with van der Waals surface area (Å²) in [5.74, 6) is -1.48. The van der Waals surface area contributed by atoms with Crippen LogP contribution in [-0.4, -0.2) is 30.4 Å². The summed E-state index contributed by atoms with van der Waals surface area (Å²) >= 11 is 0. The fraction of sp³-hybridized carbons (Fsp3) is 0.154. The smallest absolute Gasteiger partial charge is 0.341 e. The third kappa shape index (κ3) is 3.37. The molecular formula is C13H12FN3O5S. The van der Waals surface area contributed by atoms with E-state index in [4.69, 9.17) is 4.74 Å². The van der Waals surface area contributed by atoms with Crippen LogP contribution in [0, 0.1) is 5.82 Å². The number of nitrogens with one attached hydrogen (secondary N) is 1. The third-order valence-electron chi connectivity index (χ3n) is 2.77. The Hall–Kier alpha value is -2.75. The summed E-state index contributed by atoms with van der Waals surface area (Å²) in [5, 5.41) is 0. The number of ether oxygens (including phenoxy) is 1. The van der Waals surface area contributed by atoms with E-state index in [1.54, 1.807) is 0 Å². The molecule has 122 valence electrons. The molecule has 23 heavy (non-hydrogen) atoms. The van der Waals surface area contributed by atoms with Gasteiger partial charge < -0.3 is 4.74 Å². The fourth-order valence-electron chi connectivity index (χ4n) is 1.72. The number of hydrogen-bond donors (Lipinski definition) is 1. The number of carbonyl (C=O) groups excluding carboxylic acids is 1. The zero-order valence-corrected chi connectivity index (χ0v) is 12.9. The molecule has 1 aromatic carbocycles. The lowest BCUT2D eigenvalue weighted by Crippen LogP contribution is -2.36. The lowest BCUT2D eigenvalue weighted by atomic mass is 10.3. The van der Waals surface area contributed by atoms with Crippen molar-refractivity contribution in [1.82, 2.24) is 8.96 Å². The number of methoxy groups -OCH3 is 1. The van der Waals surface area contributed by atoms with Crippen LogP contribution in [0.3, 0.4) is 0 Å². The van der Waals surface area contributed by atoms with Crippen LogP contribution in [0.25, 0.3) is 0 Å². The molecule has 2 aromatic rings. The first-order chi connectivity index (χ1) is 10.8. The number of aromatic amines is 1. The van der Waals surface area contributed by atoms with E-state index in [1.165, 1.54) is 31.4 Å². The SMILES string of the molecule is COc1ccc(S(=O)(=O)n2cc(F)/c(=N\C(C)=O)[nH]c2=O)cc1. The second-order valence-electron chi connectivity index (χ2n) is 4.36. The van der Waals surface area contributed by atoms with E-state index >= 15 is 0 Å². The molecule has 0 saturated carbocycles. The maximum absolute atomic E-state index is 13.8. The van der Waals surface area contributed by atoms with Gasteiger partial charge in [0.1, 0.15) is 5.75 Å². The number of aromatic nitrogens is 2. The van der Waals surface area contributed by atoms with Crippen LogP contribution in [0.5, 0.6) is 5.75 Å². The number of nitrogens with zero attached hydrogens (tertiary/aromatic N) is 2. The van der Waals surface area contributed by atoms with Gasteiger partial charge in [-0.2, -0.15) is 8.96 Å². The maximum atomic E-state index is 13.8. The second kappa shape index (κ2) is 6.16. The Morgan fingerprint density at radius 1 is 1.30 bits per heavy atom. The van der Waals surface area contributed by atoms with E-state index in [0.29, 0.717) is 11.9 Å². The Bertz CT molecular complexity index is 974. The van der Waals surface area contributed by atoms with Crippen LogP contribution >= 0.6 is 0 Å². The van der Waals surface area contributed by atoms with Crippen molar-refractivity contribution in [3.63, 3.8) is 0 Å². The minimum atomic E-state index is -4.31. The molecule has 8 nitrogen and oxygen atoms in total. The van der Waals surface area contributed by atoms with Gasteiger partial charge in [0.25, 0.3) is 10.0 Å². The first kappa shape index (κ1) is 16.6. The van der Waals surface area contributed by atoms with Crippen molar-refractivity contribution in [2.75, 3.05) is 7.11 Å². The van der Waals surface area contributed by atoms with Gasteiger partial charge in [0.05, 0.1) is 18.2 Å². The second-order valence-corrected chi connectivity index (χ2v) is 6.18. The average molecular weight is 341 g/mol. The van der Waals surface area contributed by atoms with Crippen molar-refractivity contribution >= 4 is 15.9 Å². The first-order valence-corrected chi connectivity index (χ1v) is 7.66. The minimum Gasteiger partial charge on any atom is -0.497 e. The molecule has 2 rings (SSSR count). The van der Waals surface area contributed by atoms with E-state index in [-0.39, 0.29) is 8.87 Å². The molecule has 0 aliphatic heterocycles. The average Bonchev–Trinajstić information content (AvgIpc) is 2.50. The fourth-order valence-corrected chi connectivity index (χ4v) is 2.92. The van der Waals surface area contributed by atoms with Crippen molar-refractivity contribution in [2.45, 2.75) is 11.8 Å². The van der Waals surface area contributed by atoms with Gasteiger partial charge >= 0.3 is 5.69 Å². The van der Waals surface area contributed by atoms with Crippen LogP contribution in [0.4, 0.5) is 4.39 Å². The molecule has 0 radical (unpaired) electrons. The van der Waals surface area contributed by atoms with E-state index in [1.807, 2.05) is 4.98 Å². The summed E-state index contributed by atoms with van der Waals surface area (Å²) in [6, 6.07) is 5.20. The molecule has 0 aliphatic rings. The molecule has 1 heterocycles. The van der Waals surface area contributed by atoms with Gasteiger partial charge in [0.2, 0.25) is 5.91 Å². The normalized spacial score (nSPS) is 12.2. The van der Waals surface area contributed by atoms with Crippen LogP contribution in [0.2, 0.25) is 0 Å². The molecule has 0 fully saturated rings. The molecule has 1 amide bonds. The third-order valence-corrected chi connectivity index (χ3v) is 4.42. The van der Waals surface area contributed by atoms with Gasteiger partial charge in [-0.3, -0.25) is 9.78 Å². The van der Waals surface area contributed by atoms with Crippen molar-refractivity contribution in [1.29, 1.82) is 0 Å². The van der Waals surface area contributed by atoms with Gasteiger partial charge in [0.15, 0.2) is 11.3 Å². The number of carbonyl (C=O) groups is 1. The lowest BCUT2D eigenvalue weighted by molar-refractivity contribution is -0.116. The molecule has 10 heteroatoms. The van der Waals surface area contributed by atoms with Crippen LogP contribution in [-0.2, 0) is 14.8 Å². The van der Waals surface area contributed by atoms with Gasteiger partial charge in [0, 0.05) is 6.92 Å². The molecule has 0 atom stereocenters. The Kier molecular flexibility index (Phi) is 4.45. The highest BCUT2D eigenvalue weighted by Gasteiger charge is 2.20. The molecule has 0 spiro atoms. The predicted molar refractivity (Wildman–Crippen MR) is 76.8 cm³/mol. The van der Waals surface area contributed by atoms with Crippen LogP contribution < -0.4 is 15.9 Å². The highest BCUT2D eigenvalue weighted by molar-refractivity contribution is 7.90. The van der Waals surface area contributed by atoms with E-state index in [2.05, 4.69) is 4.99 Å². The summed E-state index contributed by atoms with van der Waals surface area (Å²) in [4.78, 5) is 27.7. The molecular weight excluding hydrogens is 329 g/mol. The summed E-state index contributed by atoms with van der Waals surface area (Å²) < 4.78 is 43.7. The van der Waals surface area contributed by atoms with Crippen molar-refractivity contribution < 1.29 is 22.3 Å². The minimum absolute atomic E-state index is 0.198. The van der Waals surface area contributed by atoms with Gasteiger partial charge in [-0.05, 0) is 24.3 Å². The Balaban J connectivity index is 2.62. The van der Waals surface area contributed by atoms with Gasteiger partial charge in [-0.25, -0.2) is 17.6 Å². The topological polar surface area (TPSA) is 111 Å². The monoisotopic (exact) mass is 341 g/mol. The van der Waals surface area contributed by atoms with Crippen molar-refractivity contribution in [3.8, 4) is 5.75 Å². The number of hydrogen-bond acceptors (Lipinski definition) is 5. The van der Waals surface area contributed by atoms with E-state index in [0.717, 1.165) is 6.92 Å².